The molecule has 1 saturated heterocycles. The average molecular weight is 445 g/mol. The molecule has 2 aromatic carbocycles. The highest BCUT2D eigenvalue weighted by Gasteiger charge is 2.22. The summed E-state index contributed by atoms with van der Waals surface area (Å²) in [7, 11) is 1.66. The van der Waals surface area contributed by atoms with Gasteiger partial charge in [-0.3, -0.25) is 4.98 Å². The van der Waals surface area contributed by atoms with Crippen LogP contribution in [0.1, 0.15) is 30.0 Å². The molecule has 1 unspecified atom stereocenters. The molecule has 0 spiro atoms. The fraction of sp³-hybridized carbons (Fsp3) is 0.423. The maximum atomic E-state index is 9.24. The normalized spacial score (nSPS) is 15.8. The number of fused-ring (bicyclic) bond motifs is 1. The van der Waals surface area contributed by atoms with Gasteiger partial charge < -0.3 is 14.5 Å². The lowest BCUT2D eigenvalue weighted by atomic mass is 10.0. The van der Waals surface area contributed by atoms with Crippen molar-refractivity contribution in [3.05, 3.63) is 82.4 Å². The topological polar surface area (TPSA) is 77.4 Å². The van der Waals surface area contributed by atoms with Gasteiger partial charge in [0.05, 0.1) is 18.7 Å². The Bertz CT molecular complexity index is 1070. The molecule has 33 heavy (non-hydrogen) atoms. The summed E-state index contributed by atoms with van der Waals surface area (Å²) in [6, 6.07) is 18.3. The van der Waals surface area contributed by atoms with E-state index in [2.05, 4.69) is 55.1 Å². The van der Waals surface area contributed by atoms with E-state index in [0.29, 0.717) is 6.54 Å². The molecule has 0 aliphatic carbocycles. The Kier molecular flexibility index (Phi) is 8.14. The van der Waals surface area contributed by atoms with Crippen LogP contribution in [0, 0.1) is 0 Å². The molecule has 0 saturated carbocycles. The van der Waals surface area contributed by atoms with E-state index >= 15 is 0 Å². The van der Waals surface area contributed by atoms with Crippen LogP contribution in [0.15, 0.2) is 65.9 Å². The highest BCUT2D eigenvalue weighted by atomic mass is 16.5. The quantitative estimate of drug-likeness (QED) is 0.186. The van der Waals surface area contributed by atoms with Crippen molar-refractivity contribution in [1.29, 1.82) is 0 Å². The van der Waals surface area contributed by atoms with Crippen molar-refractivity contribution >= 4 is 10.9 Å². The van der Waals surface area contributed by atoms with Gasteiger partial charge in [0.2, 0.25) is 0 Å². The van der Waals surface area contributed by atoms with Gasteiger partial charge in [-0.05, 0) is 66.7 Å². The van der Waals surface area contributed by atoms with Crippen LogP contribution >= 0.6 is 0 Å². The van der Waals surface area contributed by atoms with Gasteiger partial charge in [-0.15, -0.1) is 0 Å². The van der Waals surface area contributed by atoms with Crippen molar-refractivity contribution in [2.24, 2.45) is 5.11 Å². The van der Waals surface area contributed by atoms with E-state index in [9.17, 15) is 5.53 Å². The number of aromatic nitrogens is 1. The molecule has 2 heterocycles. The lowest BCUT2D eigenvalue weighted by molar-refractivity contribution is 0.126. The van der Waals surface area contributed by atoms with Crippen LogP contribution in [-0.2, 0) is 6.42 Å². The molecule has 4 rings (SSSR count). The van der Waals surface area contributed by atoms with E-state index < -0.39 is 0 Å². The molecule has 1 fully saturated rings. The number of hydrogen-bond acceptors (Lipinski definition) is 5. The van der Waals surface area contributed by atoms with Crippen molar-refractivity contribution in [3.8, 4) is 5.75 Å². The molecular formula is C26H32N6O. The molecular weight excluding hydrogens is 412 g/mol. The zero-order chi connectivity index (χ0) is 22.9. The molecule has 0 radical (unpaired) electrons. The van der Waals surface area contributed by atoms with Gasteiger partial charge in [0.1, 0.15) is 5.75 Å². The standard InChI is InChI=1S/C26H32N6O/c1-33-22-10-11-25-24(19-22)23(12-13-28-25)26(29-30-27)20-32-17-15-31(16-18-32)14-6-5-9-21-7-3-2-4-8-21/h2-4,7-8,10-13,19,26H,5-6,9,14-18,20H2,1H3. The van der Waals surface area contributed by atoms with Crippen LogP contribution < -0.4 is 4.74 Å². The van der Waals surface area contributed by atoms with Crippen LogP contribution in [0.25, 0.3) is 21.3 Å². The van der Waals surface area contributed by atoms with Gasteiger partial charge in [-0.1, -0.05) is 35.4 Å². The van der Waals surface area contributed by atoms with E-state index in [0.717, 1.165) is 61.4 Å². The Morgan fingerprint density at radius 3 is 2.58 bits per heavy atom. The Labute approximate surface area is 195 Å². The minimum Gasteiger partial charge on any atom is -0.497 e. The van der Waals surface area contributed by atoms with Gasteiger partial charge in [-0.2, -0.15) is 0 Å². The molecule has 3 aromatic rings. The molecule has 1 atom stereocenters. The molecule has 7 heteroatoms. The number of hydrogen-bond donors (Lipinski definition) is 0. The van der Waals surface area contributed by atoms with Gasteiger partial charge in [0.15, 0.2) is 0 Å². The third-order valence-electron chi connectivity index (χ3n) is 6.46. The minimum atomic E-state index is -0.259. The summed E-state index contributed by atoms with van der Waals surface area (Å²) in [5.41, 5.74) is 12.5. The molecule has 0 N–H and O–H groups in total. The first kappa shape index (κ1) is 23.1. The fourth-order valence-corrected chi connectivity index (χ4v) is 4.57. The van der Waals surface area contributed by atoms with Crippen molar-refractivity contribution in [3.63, 3.8) is 0 Å². The van der Waals surface area contributed by atoms with Gasteiger partial charge in [0, 0.05) is 49.2 Å². The van der Waals surface area contributed by atoms with Crippen molar-refractivity contribution < 1.29 is 4.74 Å². The van der Waals surface area contributed by atoms with E-state index in [1.807, 2.05) is 24.3 Å². The highest BCUT2D eigenvalue weighted by Crippen LogP contribution is 2.29. The van der Waals surface area contributed by atoms with E-state index in [1.165, 1.54) is 18.4 Å². The predicted octanol–water partition coefficient (Wildman–Crippen LogP) is 5.24. The van der Waals surface area contributed by atoms with E-state index in [4.69, 9.17) is 4.74 Å². The molecule has 172 valence electrons. The Hall–Kier alpha value is -3.12. The maximum absolute atomic E-state index is 9.24. The van der Waals surface area contributed by atoms with Crippen molar-refractivity contribution in [2.45, 2.75) is 25.3 Å². The smallest absolute Gasteiger partial charge is 0.119 e. The largest absolute Gasteiger partial charge is 0.497 e. The van der Waals surface area contributed by atoms with Crippen LogP contribution in [-0.4, -0.2) is 61.2 Å². The predicted molar refractivity (Wildman–Crippen MR) is 132 cm³/mol. The zero-order valence-corrected chi connectivity index (χ0v) is 19.3. The summed E-state index contributed by atoms with van der Waals surface area (Å²) in [6.45, 7) is 5.95. The molecule has 0 bridgehead atoms. The number of azide groups is 1. The number of piperazine rings is 1. The maximum Gasteiger partial charge on any atom is 0.119 e. The first-order chi connectivity index (χ1) is 16.3. The summed E-state index contributed by atoms with van der Waals surface area (Å²) < 4.78 is 5.40. The number of methoxy groups -OCH3 is 1. The SMILES string of the molecule is COc1ccc2nccc(C(CN3CCN(CCCCc4ccccc4)CC3)N=[N+]=[N-])c2c1. The number of benzene rings is 2. The lowest BCUT2D eigenvalue weighted by Crippen LogP contribution is -2.47. The second-order valence-corrected chi connectivity index (χ2v) is 8.59. The average Bonchev–Trinajstić information content (AvgIpc) is 2.87. The Balaban J connectivity index is 1.31. The van der Waals surface area contributed by atoms with Crippen LogP contribution in [0.4, 0.5) is 0 Å². The molecule has 1 aliphatic rings. The number of rotatable bonds is 10. The number of pyridine rings is 1. The lowest BCUT2D eigenvalue weighted by Gasteiger charge is -2.36. The molecule has 0 amide bonds. The number of ether oxygens (including phenoxy) is 1. The van der Waals surface area contributed by atoms with Crippen LogP contribution in [0.3, 0.4) is 0 Å². The Morgan fingerprint density at radius 2 is 1.82 bits per heavy atom. The third-order valence-corrected chi connectivity index (χ3v) is 6.46. The minimum absolute atomic E-state index is 0.259. The second kappa shape index (κ2) is 11.7. The summed E-state index contributed by atoms with van der Waals surface area (Å²) >= 11 is 0. The summed E-state index contributed by atoms with van der Waals surface area (Å²) in [5.74, 6) is 0.775. The summed E-state index contributed by atoms with van der Waals surface area (Å²) in [4.78, 5) is 12.6. The zero-order valence-electron chi connectivity index (χ0n) is 19.3. The van der Waals surface area contributed by atoms with E-state index in [-0.39, 0.29) is 6.04 Å². The van der Waals surface area contributed by atoms with Gasteiger partial charge in [-0.25, -0.2) is 0 Å². The van der Waals surface area contributed by atoms with Gasteiger partial charge >= 0.3 is 0 Å². The number of aryl methyl sites for hydroxylation is 1. The molecule has 1 aromatic heterocycles. The van der Waals surface area contributed by atoms with Crippen LogP contribution in [0.2, 0.25) is 0 Å². The number of nitrogens with zero attached hydrogens (tertiary/aromatic N) is 6. The first-order valence-corrected chi connectivity index (χ1v) is 11.7. The molecule has 7 nitrogen and oxygen atoms in total. The summed E-state index contributed by atoms with van der Waals surface area (Å²) in [5, 5.41) is 5.14. The fourth-order valence-electron chi connectivity index (χ4n) is 4.57. The van der Waals surface area contributed by atoms with Crippen LogP contribution in [0.5, 0.6) is 5.75 Å². The third kappa shape index (κ3) is 6.23. The van der Waals surface area contributed by atoms with E-state index in [1.54, 1.807) is 13.3 Å². The summed E-state index contributed by atoms with van der Waals surface area (Å²) in [6.07, 6.45) is 5.39. The molecule has 1 aliphatic heterocycles. The van der Waals surface area contributed by atoms with Gasteiger partial charge in [0.25, 0.3) is 0 Å². The highest BCUT2D eigenvalue weighted by molar-refractivity contribution is 5.84. The number of unbranched alkanes of at least 4 members (excludes halogenated alkanes) is 1. The monoisotopic (exact) mass is 444 g/mol. The van der Waals surface area contributed by atoms with Crippen molar-refractivity contribution in [2.75, 3.05) is 46.4 Å². The van der Waals surface area contributed by atoms with Crippen molar-refractivity contribution in [1.82, 2.24) is 14.8 Å². The Morgan fingerprint density at radius 1 is 1.03 bits per heavy atom. The first-order valence-electron chi connectivity index (χ1n) is 11.7. The second-order valence-electron chi connectivity index (χ2n) is 8.59.